The van der Waals surface area contributed by atoms with Crippen molar-refractivity contribution in [3.63, 3.8) is 0 Å². The van der Waals surface area contributed by atoms with Gasteiger partial charge in [0.05, 0.1) is 21.2 Å². The molecule has 0 saturated heterocycles. The minimum absolute atomic E-state index is 0.0116. The summed E-state index contributed by atoms with van der Waals surface area (Å²) in [5, 5.41) is 11.4. The van der Waals surface area contributed by atoms with Crippen molar-refractivity contribution in [1.82, 2.24) is 0 Å². The molecule has 3 nitrogen and oxygen atoms in total. The van der Waals surface area contributed by atoms with Crippen LogP contribution in [0, 0.1) is 28.6 Å². The van der Waals surface area contributed by atoms with Crippen LogP contribution in [0.25, 0.3) is 0 Å². The number of carbonyl (C=O) groups excluding carboxylic acids is 2. The molecule has 0 heterocycles. The Morgan fingerprint density at radius 3 is 2.57 bits per heavy atom. The van der Waals surface area contributed by atoms with Gasteiger partial charge in [0.15, 0.2) is 5.78 Å². The molecule has 3 fully saturated rings. The average molecular weight is 492 g/mol. The maximum absolute atomic E-state index is 12.6. The molecule has 4 rings (SSSR count). The first-order chi connectivity index (χ1) is 12.9. The molecule has 0 bridgehead atoms. The van der Waals surface area contributed by atoms with E-state index >= 15 is 0 Å². The molecule has 0 radical (unpaired) electrons. The highest BCUT2D eigenvalue weighted by molar-refractivity contribution is 9.09. The molecule has 28 heavy (non-hydrogen) atoms. The van der Waals surface area contributed by atoms with E-state index in [9.17, 15) is 14.7 Å². The third-order valence-electron chi connectivity index (χ3n) is 9.09. The van der Waals surface area contributed by atoms with Crippen molar-refractivity contribution >= 4 is 50.7 Å². The summed E-state index contributed by atoms with van der Waals surface area (Å²) in [6.45, 7) is 5.98. The fourth-order valence-corrected chi connectivity index (χ4v) is 9.31. The number of Topliss-reactive ketones (excluding diaryl/α,β-unsaturated/α-hetero) is 1. The predicted molar refractivity (Wildman–Crippen MR) is 115 cm³/mol. The van der Waals surface area contributed by atoms with E-state index in [2.05, 4.69) is 22.9 Å². The van der Waals surface area contributed by atoms with Crippen LogP contribution in [-0.4, -0.2) is 37.9 Å². The molecule has 0 aromatic heterocycles. The first kappa shape index (κ1) is 21.3. The molecule has 3 saturated carbocycles. The third kappa shape index (κ3) is 2.44. The average Bonchev–Trinajstić information content (AvgIpc) is 2.93. The molecule has 1 N–H and O–H groups in total. The van der Waals surface area contributed by atoms with Gasteiger partial charge in [0.1, 0.15) is 5.78 Å². The highest BCUT2D eigenvalue weighted by atomic mass is 79.9. The monoisotopic (exact) mass is 490 g/mol. The largest absolute Gasteiger partial charge is 0.389 e. The van der Waals surface area contributed by atoms with Crippen molar-refractivity contribution < 1.29 is 14.7 Å². The summed E-state index contributed by atoms with van der Waals surface area (Å²) in [5.74, 6) is 0.656. The minimum Gasteiger partial charge on any atom is -0.389 e. The van der Waals surface area contributed by atoms with E-state index in [0.717, 1.165) is 31.3 Å². The van der Waals surface area contributed by atoms with Gasteiger partial charge in [0.2, 0.25) is 0 Å². The van der Waals surface area contributed by atoms with Crippen LogP contribution in [0.3, 0.4) is 0 Å². The summed E-state index contributed by atoms with van der Waals surface area (Å²) in [5.41, 5.74) is -1.21. The Balaban J connectivity index is 1.83. The summed E-state index contributed by atoms with van der Waals surface area (Å²) in [6, 6.07) is 0. The molecule has 0 aromatic rings. The Morgan fingerprint density at radius 1 is 1.25 bits per heavy atom. The van der Waals surface area contributed by atoms with Gasteiger partial charge in [0, 0.05) is 17.8 Å². The molecule has 4 aliphatic carbocycles. The molecule has 0 aliphatic heterocycles. The Hall–Kier alpha value is 0.100. The summed E-state index contributed by atoms with van der Waals surface area (Å²) < 4.78 is 0. The van der Waals surface area contributed by atoms with Gasteiger partial charge in [-0.15, -0.1) is 23.2 Å². The van der Waals surface area contributed by atoms with Crippen LogP contribution in [0.15, 0.2) is 11.6 Å². The summed E-state index contributed by atoms with van der Waals surface area (Å²) in [7, 11) is 0. The Kier molecular flexibility index (Phi) is 4.99. The molecule has 2 unspecified atom stereocenters. The standard InChI is InChI=1S/C22H29BrCl2O3/c1-19-10-18(24)22(25)15(14(19)6-7-16(19)17(27)11-23)5-4-12-8-13(26)9-20(2,28)21(12,22)3/h8,14-16,18,28H,4-7,9-11H2,1-3H3/t14-,15-,16+,18?,19-,20?,21+,22-/m0/s1. The fourth-order valence-electron chi connectivity index (χ4n) is 7.54. The van der Waals surface area contributed by atoms with Gasteiger partial charge in [-0.05, 0) is 62.4 Å². The SMILES string of the molecule is CC1(O)CC(=O)C=C2CC[C@H]3[C@@H]4CC[C@H](C(=O)CBr)[C@@]4(C)CC(Cl)[C@]3(Cl)[C@]21C. The summed E-state index contributed by atoms with van der Waals surface area (Å²) in [4.78, 5) is 24.1. The minimum atomic E-state index is -1.24. The fraction of sp³-hybridized carbons (Fsp3) is 0.818. The first-order valence-electron chi connectivity index (χ1n) is 10.3. The number of aliphatic hydroxyl groups is 1. The van der Waals surface area contributed by atoms with Crippen molar-refractivity contribution in [2.75, 3.05) is 5.33 Å². The second-order valence-electron chi connectivity index (χ2n) is 10.1. The molecule has 6 heteroatoms. The van der Waals surface area contributed by atoms with E-state index in [-0.39, 0.29) is 40.6 Å². The number of ketones is 2. The van der Waals surface area contributed by atoms with Crippen LogP contribution in [-0.2, 0) is 9.59 Å². The molecule has 4 aliphatic rings. The van der Waals surface area contributed by atoms with Gasteiger partial charge in [-0.2, -0.15) is 0 Å². The van der Waals surface area contributed by atoms with E-state index in [4.69, 9.17) is 23.2 Å². The topological polar surface area (TPSA) is 54.4 Å². The smallest absolute Gasteiger partial charge is 0.158 e. The molecule has 8 atom stereocenters. The molecule has 156 valence electrons. The van der Waals surface area contributed by atoms with E-state index in [1.54, 1.807) is 13.0 Å². The lowest BCUT2D eigenvalue weighted by Gasteiger charge is -2.67. The lowest BCUT2D eigenvalue weighted by Crippen LogP contribution is -2.71. The normalized spacial score (nSPS) is 53.1. The van der Waals surface area contributed by atoms with Gasteiger partial charge in [0.25, 0.3) is 0 Å². The number of alkyl halides is 3. The quantitative estimate of drug-likeness (QED) is 0.550. The molecule has 0 aromatic carbocycles. The highest BCUT2D eigenvalue weighted by Crippen LogP contribution is 2.72. The van der Waals surface area contributed by atoms with Crippen LogP contribution in [0.5, 0.6) is 0 Å². The predicted octanol–water partition coefficient (Wildman–Crippen LogP) is 5.04. The van der Waals surface area contributed by atoms with Gasteiger partial charge in [-0.1, -0.05) is 35.4 Å². The lowest BCUT2D eigenvalue weighted by atomic mass is 9.43. The highest BCUT2D eigenvalue weighted by Gasteiger charge is 2.73. The zero-order valence-corrected chi connectivity index (χ0v) is 19.8. The number of hydrogen-bond acceptors (Lipinski definition) is 3. The number of carbonyl (C=O) groups is 2. The summed E-state index contributed by atoms with van der Waals surface area (Å²) in [6.07, 6.45) is 5.91. The van der Waals surface area contributed by atoms with Gasteiger partial charge in [-0.3, -0.25) is 9.59 Å². The van der Waals surface area contributed by atoms with Crippen molar-refractivity contribution in [2.24, 2.45) is 28.6 Å². The number of fused-ring (bicyclic) bond motifs is 5. The van der Waals surface area contributed by atoms with E-state index < -0.39 is 15.9 Å². The number of halogens is 3. The van der Waals surface area contributed by atoms with Gasteiger partial charge < -0.3 is 5.11 Å². The van der Waals surface area contributed by atoms with Gasteiger partial charge >= 0.3 is 0 Å². The number of hydrogen-bond donors (Lipinski definition) is 1. The van der Waals surface area contributed by atoms with Crippen LogP contribution in [0.1, 0.15) is 59.3 Å². The Morgan fingerprint density at radius 2 is 1.93 bits per heavy atom. The van der Waals surface area contributed by atoms with Crippen molar-refractivity contribution in [1.29, 1.82) is 0 Å². The van der Waals surface area contributed by atoms with Crippen LogP contribution >= 0.6 is 39.1 Å². The van der Waals surface area contributed by atoms with Crippen molar-refractivity contribution in [2.45, 2.75) is 75.1 Å². The first-order valence-corrected chi connectivity index (χ1v) is 12.2. The Bertz CT molecular complexity index is 765. The number of rotatable bonds is 2. The third-order valence-corrected chi connectivity index (χ3v) is 11.2. The maximum Gasteiger partial charge on any atom is 0.158 e. The zero-order chi connectivity index (χ0) is 20.7. The van der Waals surface area contributed by atoms with Crippen LogP contribution in [0.4, 0.5) is 0 Å². The second-order valence-corrected chi connectivity index (χ2v) is 11.9. The van der Waals surface area contributed by atoms with Crippen molar-refractivity contribution in [3.05, 3.63) is 11.6 Å². The van der Waals surface area contributed by atoms with Crippen LogP contribution in [0.2, 0.25) is 0 Å². The summed E-state index contributed by atoms with van der Waals surface area (Å²) >= 11 is 18.0. The van der Waals surface area contributed by atoms with E-state index in [1.165, 1.54) is 0 Å². The zero-order valence-electron chi connectivity index (χ0n) is 16.7. The molecular formula is C22H29BrCl2O3. The second kappa shape index (κ2) is 6.55. The van der Waals surface area contributed by atoms with Gasteiger partial charge in [-0.25, -0.2) is 0 Å². The van der Waals surface area contributed by atoms with E-state index in [0.29, 0.717) is 17.7 Å². The molecule has 0 amide bonds. The van der Waals surface area contributed by atoms with Crippen LogP contribution < -0.4 is 0 Å². The Labute approximate surface area is 185 Å². The lowest BCUT2D eigenvalue weighted by molar-refractivity contribution is -0.146. The molecule has 0 spiro atoms. The maximum atomic E-state index is 12.6. The van der Waals surface area contributed by atoms with Crippen molar-refractivity contribution in [3.8, 4) is 0 Å². The molecular weight excluding hydrogens is 463 g/mol. The van der Waals surface area contributed by atoms with E-state index in [1.807, 2.05) is 6.92 Å².